The van der Waals surface area contributed by atoms with Crippen LogP contribution in [-0.2, 0) is 11.8 Å². The van der Waals surface area contributed by atoms with Gasteiger partial charge >= 0.3 is 0 Å². The Bertz CT molecular complexity index is 1310. The standard InChI is InChI=1S/C22H23N5O2S/c1-13(2)27-19(9-10-23-27)25-20(28)14(3)30-22-24-18-12-16-8-6-5-7-15(16)11-17(18)21(29)26(22)4/h5-14H,1-4H3,(H,25,28)/t14-/m1/s1. The van der Waals surface area contributed by atoms with Crippen LogP contribution >= 0.6 is 11.8 Å². The van der Waals surface area contributed by atoms with Gasteiger partial charge in [-0.2, -0.15) is 5.10 Å². The van der Waals surface area contributed by atoms with E-state index in [0.29, 0.717) is 21.9 Å². The van der Waals surface area contributed by atoms with E-state index in [-0.39, 0.29) is 17.5 Å². The SMILES string of the molecule is CC(C)n1nccc1NC(=O)[C@@H](C)Sc1nc2cc3ccccc3cc2c(=O)n1C. The monoisotopic (exact) mass is 421 g/mol. The number of nitrogens with zero attached hydrogens (tertiary/aromatic N) is 4. The molecule has 2 aromatic heterocycles. The molecule has 1 N–H and O–H groups in total. The Morgan fingerprint density at radius 1 is 1.10 bits per heavy atom. The number of nitrogens with one attached hydrogen (secondary N) is 1. The highest BCUT2D eigenvalue weighted by Gasteiger charge is 2.20. The van der Waals surface area contributed by atoms with Crippen LogP contribution in [0.2, 0.25) is 0 Å². The second kappa shape index (κ2) is 7.95. The fourth-order valence-electron chi connectivity index (χ4n) is 3.31. The maximum absolute atomic E-state index is 12.9. The third-order valence-corrected chi connectivity index (χ3v) is 6.11. The summed E-state index contributed by atoms with van der Waals surface area (Å²) in [5.74, 6) is 0.476. The van der Waals surface area contributed by atoms with Crippen molar-refractivity contribution in [3.05, 3.63) is 59.0 Å². The molecule has 30 heavy (non-hydrogen) atoms. The van der Waals surface area contributed by atoms with Gasteiger partial charge in [0.2, 0.25) is 5.91 Å². The second-order valence-electron chi connectivity index (χ2n) is 7.48. The van der Waals surface area contributed by atoms with E-state index in [1.54, 1.807) is 30.9 Å². The Morgan fingerprint density at radius 2 is 1.80 bits per heavy atom. The summed E-state index contributed by atoms with van der Waals surface area (Å²) < 4.78 is 3.26. The van der Waals surface area contributed by atoms with Gasteiger partial charge in [0.15, 0.2) is 5.16 Å². The number of benzene rings is 2. The van der Waals surface area contributed by atoms with Crippen molar-refractivity contribution < 1.29 is 4.79 Å². The molecule has 2 heterocycles. The van der Waals surface area contributed by atoms with E-state index in [2.05, 4.69) is 15.4 Å². The molecule has 1 atom stereocenters. The number of rotatable bonds is 5. The number of thioether (sulfide) groups is 1. The number of aromatic nitrogens is 4. The molecule has 8 heteroatoms. The van der Waals surface area contributed by atoms with Gasteiger partial charge in [0.1, 0.15) is 5.82 Å². The Hall–Kier alpha value is -3.13. The van der Waals surface area contributed by atoms with Crippen LogP contribution in [0.3, 0.4) is 0 Å². The number of anilines is 1. The molecule has 7 nitrogen and oxygen atoms in total. The summed E-state index contributed by atoms with van der Waals surface area (Å²) in [5, 5.41) is 9.79. The van der Waals surface area contributed by atoms with E-state index < -0.39 is 5.25 Å². The molecule has 0 unspecified atom stereocenters. The number of hydrogen-bond donors (Lipinski definition) is 1. The number of fused-ring (bicyclic) bond motifs is 2. The molecule has 4 aromatic rings. The first-order valence-corrected chi connectivity index (χ1v) is 10.6. The zero-order valence-electron chi connectivity index (χ0n) is 17.3. The fraction of sp³-hybridized carbons (Fsp3) is 0.273. The minimum atomic E-state index is -0.448. The van der Waals surface area contributed by atoms with Crippen LogP contribution in [0.4, 0.5) is 5.82 Å². The molecular weight excluding hydrogens is 398 g/mol. The van der Waals surface area contributed by atoms with Gasteiger partial charge in [0.25, 0.3) is 5.56 Å². The Labute approximate surface area is 178 Å². The third-order valence-electron chi connectivity index (χ3n) is 4.96. The third kappa shape index (κ3) is 3.70. The van der Waals surface area contributed by atoms with Crippen molar-refractivity contribution in [2.24, 2.45) is 7.05 Å². The van der Waals surface area contributed by atoms with Crippen molar-refractivity contribution in [2.75, 3.05) is 5.32 Å². The molecule has 2 aromatic carbocycles. The maximum Gasteiger partial charge on any atom is 0.261 e. The largest absolute Gasteiger partial charge is 0.310 e. The molecule has 0 fully saturated rings. The average Bonchev–Trinajstić information content (AvgIpc) is 3.19. The van der Waals surface area contributed by atoms with Crippen LogP contribution in [0, 0.1) is 0 Å². The predicted octanol–water partition coefficient (Wildman–Crippen LogP) is 3.98. The lowest BCUT2D eigenvalue weighted by molar-refractivity contribution is -0.115. The molecule has 1 amide bonds. The number of hydrogen-bond acceptors (Lipinski definition) is 5. The van der Waals surface area contributed by atoms with Crippen molar-refractivity contribution in [1.29, 1.82) is 0 Å². The zero-order chi connectivity index (χ0) is 21.4. The Morgan fingerprint density at radius 3 is 2.50 bits per heavy atom. The zero-order valence-corrected chi connectivity index (χ0v) is 18.1. The first-order valence-electron chi connectivity index (χ1n) is 9.75. The van der Waals surface area contributed by atoms with Crippen LogP contribution < -0.4 is 10.9 Å². The molecule has 0 radical (unpaired) electrons. The van der Waals surface area contributed by atoms with Crippen LogP contribution in [0.5, 0.6) is 0 Å². The smallest absolute Gasteiger partial charge is 0.261 e. The van der Waals surface area contributed by atoms with E-state index in [0.717, 1.165) is 10.8 Å². The van der Waals surface area contributed by atoms with Crippen molar-refractivity contribution in [3.63, 3.8) is 0 Å². The van der Waals surface area contributed by atoms with E-state index >= 15 is 0 Å². The predicted molar refractivity (Wildman–Crippen MR) is 121 cm³/mol. The summed E-state index contributed by atoms with van der Waals surface area (Å²) in [6, 6.07) is 13.6. The highest BCUT2D eigenvalue weighted by atomic mass is 32.2. The number of carbonyl (C=O) groups is 1. The molecule has 0 aliphatic heterocycles. The lowest BCUT2D eigenvalue weighted by atomic mass is 10.1. The van der Waals surface area contributed by atoms with Gasteiger partial charge in [-0.05, 0) is 43.7 Å². The normalized spacial score (nSPS) is 12.6. The maximum atomic E-state index is 12.9. The van der Waals surface area contributed by atoms with Crippen LogP contribution in [0.1, 0.15) is 26.8 Å². The Balaban J connectivity index is 1.63. The molecule has 0 aliphatic rings. The van der Waals surface area contributed by atoms with Crippen molar-refractivity contribution in [1.82, 2.24) is 19.3 Å². The van der Waals surface area contributed by atoms with Gasteiger partial charge in [0, 0.05) is 19.2 Å². The molecule has 0 bridgehead atoms. The van der Waals surface area contributed by atoms with Gasteiger partial charge in [-0.25, -0.2) is 9.67 Å². The van der Waals surface area contributed by atoms with Crippen molar-refractivity contribution >= 4 is 45.2 Å². The molecule has 0 saturated heterocycles. The molecule has 0 spiro atoms. The van der Waals surface area contributed by atoms with E-state index in [4.69, 9.17) is 0 Å². The minimum absolute atomic E-state index is 0.126. The van der Waals surface area contributed by atoms with Crippen LogP contribution in [-0.4, -0.2) is 30.5 Å². The quantitative estimate of drug-likeness (QED) is 0.299. The molecule has 0 saturated carbocycles. The summed E-state index contributed by atoms with van der Waals surface area (Å²) in [7, 11) is 1.69. The summed E-state index contributed by atoms with van der Waals surface area (Å²) in [6.45, 7) is 5.80. The second-order valence-corrected chi connectivity index (χ2v) is 8.79. The molecule has 154 valence electrons. The summed E-state index contributed by atoms with van der Waals surface area (Å²) in [6.07, 6.45) is 1.66. The van der Waals surface area contributed by atoms with E-state index in [1.165, 1.54) is 16.3 Å². The van der Waals surface area contributed by atoms with Crippen molar-refractivity contribution in [2.45, 2.75) is 37.2 Å². The van der Waals surface area contributed by atoms with Crippen LogP contribution in [0.25, 0.3) is 21.7 Å². The van der Waals surface area contributed by atoms with E-state index in [9.17, 15) is 9.59 Å². The summed E-state index contributed by atoms with van der Waals surface area (Å²) >= 11 is 1.26. The number of carbonyl (C=O) groups excluding carboxylic acids is 1. The molecule has 0 aliphatic carbocycles. The van der Waals surface area contributed by atoms with Gasteiger partial charge in [-0.15, -0.1) is 0 Å². The first kappa shape index (κ1) is 20.2. The van der Waals surface area contributed by atoms with Gasteiger partial charge in [0.05, 0.1) is 22.3 Å². The Kier molecular flexibility index (Phi) is 5.34. The number of amides is 1. The van der Waals surface area contributed by atoms with Crippen LogP contribution in [0.15, 0.2) is 58.6 Å². The highest BCUT2D eigenvalue weighted by Crippen LogP contribution is 2.25. The lowest BCUT2D eigenvalue weighted by Crippen LogP contribution is -2.26. The van der Waals surface area contributed by atoms with Gasteiger partial charge in [-0.3, -0.25) is 14.2 Å². The topological polar surface area (TPSA) is 81.8 Å². The first-order chi connectivity index (χ1) is 14.3. The van der Waals surface area contributed by atoms with Crippen molar-refractivity contribution in [3.8, 4) is 0 Å². The minimum Gasteiger partial charge on any atom is -0.310 e. The van der Waals surface area contributed by atoms with Gasteiger partial charge < -0.3 is 5.32 Å². The lowest BCUT2D eigenvalue weighted by Gasteiger charge is -2.16. The van der Waals surface area contributed by atoms with Gasteiger partial charge in [-0.1, -0.05) is 36.0 Å². The summed E-state index contributed by atoms with van der Waals surface area (Å²) in [5.41, 5.74) is 0.503. The fourth-order valence-corrected chi connectivity index (χ4v) is 4.18. The summed E-state index contributed by atoms with van der Waals surface area (Å²) in [4.78, 5) is 30.3. The van der Waals surface area contributed by atoms with E-state index in [1.807, 2.05) is 50.2 Å². The average molecular weight is 422 g/mol. The highest BCUT2D eigenvalue weighted by molar-refractivity contribution is 8.00. The molecular formula is C22H23N5O2S. The molecule has 4 rings (SSSR count).